The highest BCUT2D eigenvalue weighted by Crippen LogP contribution is 2.29. The van der Waals surface area contributed by atoms with Crippen LogP contribution in [0, 0.1) is 0 Å². The van der Waals surface area contributed by atoms with E-state index < -0.39 is 6.10 Å². The molecule has 1 aromatic carbocycles. The molecule has 0 unspecified atom stereocenters. The van der Waals surface area contributed by atoms with Crippen LogP contribution in [0.3, 0.4) is 0 Å². The van der Waals surface area contributed by atoms with Gasteiger partial charge in [0.15, 0.2) is 0 Å². The molecule has 4 nitrogen and oxygen atoms in total. The molecule has 108 valence electrons. The molecule has 6 heteroatoms. The maximum atomic E-state index is 11.7. The maximum Gasteiger partial charge on any atom is 0.319 e. The third-order valence-electron chi connectivity index (χ3n) is 3.08. The number of benzene rings is 1. The zero-order valence-electron chi connectivity index (χ0n) is 11.1. The van der Waals surface area contributed by atoms with Crippen molar-refractivity contribution in [2.75, 3.05) is 11.9 Å². The molecule has 21 heavy (non-hydrogen) atoms. The standard InChI is InChI=1S/C15H14N2O2S2/c18-12(8-16-15(19)17-14-6-3-7-20-14)11-9-21-13-5-2-1-4-10(11)13/h1-7,9,12,18H,8H2,(H2,16,17,19)/t12-/m0/s1. The second-order valence-electron chi connectivity index (χ2n) is 4.52. The van der Waals surface area contributed by atoms with Gasteiger partial charge in [-0.25, -0.2) is 4.79 Å². The van der Waals surface area contributed by atoms with E-state index in [0.29, 0.717) is 0 Å². The average Bonchev–Trinajstić information content (AvgIpc) is 3.13. The molecular weight excluding hydrogens is 304 g/mol. The van der Waals surface area contributed by atoms with Gasteiger partial charge in [0.05, 0.1) is 11.1 Å². The van der Waals surface area contributed by atoms with Gasteiger partial charge in [-0.05, 0) is 34.3 Å². The Balaban J connectivity index is 1.61. The molecule has 2 aromatic heterocycles. The summed E-state index contributed by atoms with van der Waals surface area (Å²) in [5.74, 6) is 0. The van der Waals surface area contributed by atoms with Gasteiger partial charge in [0, 0.05) is 16.8 Å². The summed E-state index contributed by atoms with van der Waals surface area (Å²) in [7, 11) is 0. The Morgan fingerprint density at radius 1 is 1.19 bits per heavy atom. The minimum Gasteiger partial charge on any atom is -0.387 e. The monoisotopic (exact) mass is 318 g/mol. The number of aliphatic hydroxyl groups is 1. The Labute approximate surface area is 130 Å². The Hall–Kier alpha value is -1.89. The molecule has 2 amide bonds. The molecule has 0 aliphatic carbocycles. The number of fused-ring (bicyclic) bond motifs is 1. The van der Waals surface area contributed by atoms with E-state index in [1.165, 1.54) is 11.3 Å². The van der Waals surface area contributed by atoms with Crippen LogP contribution >= 0.6 is 22.7 Å². The first-order valence-electron chi connectivity index (χ1n) is 6.46. The predicted molar refractivity (Wildman–Crippen MR) is 88.1 cm³/mol. The van der Waals surface area contributed by atoms with Crippen LogP contribution in [0.1, 0.15) is 11.7 Å². The van der Waals surface area contributed by atoms with E-state index in [1.54, 1.807) is 11.3 Å². The van der Waals surface area contributed by atoms with Gasteiger partial charge >= 0.3 is 6.03 Å². The summed E-state index contributed by atoms with van der Waals surface area (Å²) in [6, 6.07) is 11.3. The summed E-state index contributed by atoms with van der Waals surface area (Å²) in [6.45, 7) is 0.179. The van der Waals surface area contributed by atoms with Gasteiger partial charge in [-0.3, -0.25) is 5.32 Å². The largest absolute Gasteiger partial charge is 0.387 e. The third-order valence-corrected chi connectivity index (χ3v) is 4.85. The minimum absolute atomic E-state index is 0.179. The van der Waals surface area contributed by atoms with Gasteiger partial charge in [-0.1, -0.05) is 18.2 Å². The second-order valence-corrected chi connectivity index (χ2v) is 6.37. The number of amides is 2. The molecule has 3 N–H and O–H groups in total. The van der Waals surface area contributed by atoms with Crippen molar-refractivity contribution in [3.8, 4) is 0 Å². The molecule has 0 aliphatic rings. The molecule has 0 saturated carbocycles. The van der Waals surface area contributed by atoms with Crippen molar-refractivity contribution in [3.63, 3.8) is 0 Å². The molecular formula is C15H14N2O2S2. The fraction of sp³-hybridized carbons (Fsp3) is 0.133. The van der Waals surface area contributed by atoms with E-state index in [2.05, 4.69) is 10.6 Å². The number of anilines is 1. The lowest BCUT2D eigenvalue weighted by molar-refractivity contribution is 0.177. The van der Waals surface area contributed by atoms with Crippen molar-refractivity contribution in [1.82, 2.24) is 5.32 Å². The Bertz CT molecular complexity index is 737. The van der Waals surface area contributed by atoms with Crippen LogP contribution in [0.5, 0.6) is 0 Å². The van der Waals surface area contributed by atoms with Crippen molar-refractivity contribution < 1.29 is 9.90 Å². The Morgan fingerprint density at radius 3 is 2.86 bits per heavy atom. The Kier molecular flexibility index (Phi) is 4.19. The predicted octanol–water partition coefficient (Wildman–Crippen LogP) is 3.82. The Morgan fingerprint density at radius 2 is 2.05 bits per heavy atom. The fourth-order valence-corrected chi connectivity index (χ4v) is 3.68. The van der Waals surface area contributed by atoms with Crippen molar-refractivity contribution in [2.45, 2.75) is 6.10 Å². The first-order chi connectivity index (χ1) is 10.2. The highest BCUT2D eigenvalue weighted by Gasteiger charge is 2.14. The highest BCUT2D eigenvalue weighted by molar-refractivity contribution is 7.17. The topological polar surface area (TPSA) is 61.4 Å². The molecule has 0 saturated heterocycles. The van der Waals surface area contributed by atoms with E-state index in [4.69, 9.17) is 0 Å². The number of rotatable bonds is 4. The first-order valence-corrected chi connectivity index (χ1v) is 8.22. The maximum absolute atomic E-state index is 11.7. The number of thiophene rings is 2. The lowest BCUT2D eigenvalue weighted by atomic mass is 10.1. The third kappa shape index (κ3) is 3.24. The van der Waals surface area contributed by atoms with E-state index in [9.17, 15) is 9.90 Å². The lowest BCUT2D eigenvalue weighted by Crippen LogP contribution is -2.32. The first kappa shape index (κ1) is 14.1. The number of hydrogen-bond donors (Lipinski definition) is 3. The van der Waals surface area contributed by atoms with Gasteiger partial charge in [0.2, 0.25) is 0 Å². The number of urea groups is 1. The van der Waals surface area contributed by atoms with Crippen LogP contribution < -0.4 is 10.6 Å². The van der Waals surface area contributed by atoms with Gasteiger partial charge in [-0.2, -0.15) is 0 Å². The SMILES string of the molecule is O=C(NC[C@H](O)c1csc2ccccc12)Nc1cccs1. The molecule has 0 fully saturated rings. The van der Waals surface area contributed by atoms with E-state index in [1.807, 2.05) is 47.2 Å². The lowest BCUT2D eigenvalue weighted by Gasteiger charge is -2.11. The molecule has 3 rings (SSSR count). The molecule has 3 aromatic rings. The smallest absolute Gasteiger partial charge is 0.319 e. The van der Waals surface area contributed by atoms with Crippen molar-refractivity contribution in [3.05, 3.63) is 52.7 Å². The fourth-order valence-electron chi connectivity index (χ4n) is 2.06. The number of carbonyl (C=O) groups excluding carboxylic acids is 1. The van der Waals surface area contributed by atoms with E-state index in [0.717, 1.165) is 20.7 Å². The summed E-state index contributed by atoms with van der Waals surface area (Å²) < 4.78 is 1.13. The quantitative estimate of drug-likeness (QED) is 0.685. The summed E-state index contributed by atoms with van der Waals surface area (Å²) in [6.07, 6.45) is -0.713. The molecule has 0 radical (unpaired) electrons. The zero-order chi connectivity index (χ0) is 14.7. The zero-order valence-corrected chi connectivity index (χ0v) is 12.7. The molecule has 0 bridgehead atoms. The van der Waals surface area contributed by atoms with Crippen LogP contribution in [0.4, 0.5) is 9.80 Å². The van der Waals surface area contributed by atoms with Crippen molar-refractivity contribution in [1.29, 1.82) is 0 Å². The minimum atomic E-state index is -0.713. The summed E-state index contributed by atoms with van der Waals surface area (Å²) in [5.41, 5.74) is 0.854. The molecule has 0 spiro atoms. The van der Waals surface area contributed by atoms with Gasteiger partial charge < -0.3 is 10.4 Å². The van der Waals surface area contributed by atoms with E-state index >= 15 is 0 Å². The second kappa shape index (κ2) is 6.26. The number of carbonyl (C=O) groups is 1. The van der Waals surface area contributed by atoms with Crippen LogP contribution in [-0.4, -0.2) is 17.7 Å². The van der Waals surface area contributed by atoms with Crippen LogP contribution in [-0.2, 0) is 0 Å². The summed E-state index contributed by atoms with van der Waals surface area (Å²) >= 11 is 3.05. The van der Waals surface area contributed by atoms with Crippen LogP contribution in [0.25, 0.3) is 10.1 Å². The molecule has 1 atom stereocenters. The normalized spacial score (nSPS) is 12.2. The number of hydrogen-bond acceptors (Lipinski definition) is 4. The van der Waals surface area contributed by atoms with Crippen LogP contribution in [0.2, 0.25) is 0 Å². The number of nitrogens with one attached hydrogen (secondary N) is 2. The average molecular weight is 318 g/mol. The summed E-state index contributed by atoms with van der Waals surface area (Å²) in [5, 5.41) is 21.3. The van der Waals surface area contributed by atoms with Crippen molar-refractivity contribution in [2.24, 2.45) is 0 Å². The molecule has 0 aliphatic heterocycles. The van der Waals surface area contributed by atoms with Gasteiger partial charge in [0.1, 0.15) is 0 Å². The van der Waals surface area contributed by atoms with E-state index in [-0.39, 0.29) is 12.6 Å². The van der Waals surface area contributed by atoms with Crippen LogP contribution in [0.15, 0.2) is 47.2 Å². The molecule has 2 heterocycles. The van der Waals surface area contributed by atoms with Gasteiger partial charge in [0.25, 0.3) is 0 Å². The summed E-state index contributed by atoms with van der Waals surface area (Å²) in [4.78, 5) is 11.7. The van der Waals surface area contributed by atoms with Crippen molar-refractivity contribution >= 4 is 43.8 Å². The van der Waals surface area contributed by atoms with Gasteiger partial charge in [-0.15, -0.1) is 22.7 Å². The highest BCUT2D eigenvalue weighted by atomic mass is 32.1. The number of aliphatic hydroxyl groups excluding tert-OH is 1.